The van der Waals surface area contributed by atoms with Crippen molar-refractivity contribution < 1.29 is 9.26 Å². The van der Waals surface area contributed by atoms with Crippen LogP contribution in [0.4, 0.5) is 0 Å². The van der Waals surface area contributed by atoms with Crippen molar-refractivity contribution in [1.82, 2.24) is 15.0 Å². The third kappa shape index (κ3) is 3.27. The zero-order chi connectivity index (χ0) is 16.2. The molecule has 0 bridgehead atoms. The minimum atomic E-state index is 0.142. The summed E-state index contributed by atoms with van der Waals surface area (Å²) in [7, 11) is 0. The van der Waals surface area contributed by atoms with E-state index in [0.29, 0.717) is 27.8 Å². The molecule has 4 N–H and O–H groups in total. The van der Waals surface area contributed by atoms with Crippen LogP contribution in [0.15, 0.2) is 52.1 Å². The maximum Gasteiger partial charge on any atom is 0.233 e. The summed E-state index contributed by atoms with van der Waals surface area (Å²) in [5, 5.41) is 12.0. The van der Waals surface area contributed by atoms with Crippen LogP contribution in [-0.2, 0) is 6.61 Å². The molecule has 0 radical (unpaired) electrons. The maximum absolute atomic E-state index is 6.13. The molecule has 0 saturated heterocycles. The Morgan fingerprint density at radius 1 is 1.26 bits per heavy atom. The van der Waals surface area contributed by atoms with E-state index in [1.54, 1.807) is 24.3 Å². The summed E-state index contributed by atoms with van der Waals surface area (Å²) >= 11 is 6.13. The molecule has 0 spiro atoms. The van der Waals surface area contributed by atoms with E-state index in [9.17, 15) is 0 Å². The minimum Gasteiger partial charge on any atom is -0.468 e. The summed E-state index contributed by atoms with van der Waals surface area (Å²) < 4.78 is 10.7. The number of hydrogen-bond acceptors (Lipinski definition) is 7. The monoisotopic (exact) mass is 332 g/mol. The molecule has 0 saturated carbocycles. The molecule has 8 nitrogen and oxygen atoms in total. The van der Waals surface area contributed by atoms with Gasteiger partial charge in [0.15, 0.2) is 17.9 Å². The number of rotatable bonds is 4. The lowest BCUT2D eigenvalue weighted by Gasteiger charge is -2.04. The Labute approximate surface area is 135 Å². The molecule has 0 aliphatic rings. The lowest BCUT2D eigenvalue weighted by Crippen LogP contribution is -2.31. The molecule has 0 amide bonds. The highest BCUT2D eigenvalue weighted by Gasteiger charge is 2.10. The van der Waals surface area contributed by atoms with Crippen molar-refractivity contribution in [2.24, 2.45) is 10.9 Å². The number of nitrogens with zero attached hydrogens (tertiary/aromatic N) is 4. The first-order valence-corrected chi connectivity index (χ1v) is 6.98. The predicted octanol–water partition coefficient (Wildman–Crippen LogP) is 1.26. The van der Waals surface area contributed by atoms with Crippen molar-refractivity contribution in [3.05, 3.63) is 58.7 Å². The van der Waals surface area contributed by atoms with Crippen LogP contribution < -0.4 is 21.9 Å². The molecule has 0 aliphatic heterocycles. The van der Waals surface area contributed by atoms with Gasteiger partial charge in [-0.2, -0.15) is 9.89 Å². The van der Waals surface area contributed by atoms with Gasteiger partial charge in [-0.1, -0.05) is 35.0 Å². The van der Waals surface area contributed by atoms with Crippen molar-refractivity contribution in [3.63, 3.8) is 0 Å². The Morgan fingerprint density at radius 2 is 2.09 bits per heavy atom. The summed E-state index contributed by atoms with van der Waals surface area (Å²) in [6, 6.07) is 12.3. The lowest BCUT2D eigenvalue weighted by molar-refractivity contribution is 0.237. The molecule has 118 valence electrons. The van der Waals surface area contributed by atoms with Gasteiger partial charge < -0.3 is 20.9 Å². The van der Waals surface area contributed by atoms with Gasteiger partial charge in [-0.3, -0.25) is 0 Å². The van der Waals surface area contributed by atoms with Gasteiger partial charge in [0.1, 0.15) is 5.69 Å². The second kappa shape index (κ2) is 6.41. The van der Waals surface area contributed by atoms with Crippen molar-refractivity contribution in [3.8, 4) is 17.1 Å². The van der Waals surface area contributed by atoms with E-state index in [2.05, 4.69) is 15.4 Å². The van der Waals surface area contributed by atoms with E-state index in [1.165, 1.54) is 0 Å². The predicted molar refractivity (Wildman–Crippen MR) is 83.4 cm³/mol. The number of benzene rings is 1. The molecular formula is C14H13ClN6O2. The number of aromatic nitrogens is 3. The minimum absolute atomic E-state index is 0.142. The van der Waals surface area contributed by atoms with Gasteiger partial charge >= 0.3 is 0 Å². The first kappa shape index (κ1) is 14.9. The van der Waals surface area contributed by atoms with Crippen molar-refractivity contribution in [2.45, 2.75) is 6.61 Å². The van der Waals surface area contributed by atoms with Crippen molar-refractivity contribution in [1.29, 1.82) is 0 Å². The van der Waals surface area contributed by atoms with E-state index < -0.39 is 0 Å². The molecule has 0 atom stereocenters. The zero-order valence-electron chi connectivity index (χ0n) is 11.9. The highest BCUT2D eigenvalue weighted by molar-refractivity contribution is 6.33. The SMILES string of the molecule is N/N=c1/ccc(OCc2cc(-c3ccccc3Cl)no2)nn1N. The molecule has 0 aliphatic carbocycles. The van der Waals surface area contributed by atoms with Crippen LogP contribution >= 0.6 is 11.6 Å². The molecule has 0 unspecified atom stereocenters. The Hall–Kier alpha value is -3.00. The summed E-state index contributed by atoms with van der Waals surface area (Å²) in [4.78, 5) is 1.02. The average Bonchev–Trinajstić information content (AvgIpc) is 3.02. The molecule has 3 aromatic rings. The molecular weight excluding hydrogens is 320 g/mol. The normalized spacial score (nSPS) is 11.6. The van der Waals surface area contributed by atoms with E-state index >= 15 is 0 Å². The number of halogens is 1. The largest absolute Gasteiger partial charge is 0.468 e. The van der Waals surface area contributed by atoms with Gasteiger partial charge in [0.25, 0.3) is 0 Å². The van der Waals surface area contributed by atoms with E-state index in [0.717, 1.165) is 10.4 Å². The summed E-state index contributed by atoms with van der Waals surface area (Å²) in [5.74, 6) is 11.6. The van der Waals surface area contributed by atoms with Crippen LogP contribution in [0.2, 0.25) is 5.02 Å². The summed E-state index contributed by atoms with van der Waals surface area (Å²) in [5.41, 5.74) is 1.74. The van der Waals surface area contributed by atoms with Crippen LogP contribution in [0, 0.1) is 0 Å². The molecule has 3 rings (SSSR count). The standard InChI is InChI=1S/C14H13ClN6O2/c15-11-4-2-1-3-10(11)12-7-9(23-20-12)8-22-14-6-5-13(18-16)21(17)19-14/h1-7H,8,16-17H2/b18-13-. The second-order valence-electron chi connectivity index (χ2n) is 4.55. The average molecular weight is 333 g/mol. The maximum atomic E-state index is 6.13. The first-order chi connectivity index (χ1) is 11.2. The number of nitrogen functional groups attached to an aromatic ring is 1. The highest BCUT2D eigenvalue weighted by Crippen LogP contribution is 2.27. The molecule has 9 heteroatoms. The van der Waals surface area contributed by atoms with E-state index in [4.69, 9.17) is 32.5 Å². The first-order valence-electron chi connectivity index (χ1n) is 6.60. The number of nitrogens with two attached hydrogens (primary N) is 2. The van der Waals surface area contributed by atoms with Gasteiger partial charge in [-0.05, 0) is 12.1 Å². The highest BCUT2D eigenvalue weighted by atomic mass is 35.5. The molecule has 2 heterocycles. The third-order valence-corrected chi connectivity index (χ3v) is 3.35. The summed E-state index contributed by atoms with van der Waals surface area (Å²) in [6.07, 6.45) is 0. The zero-order valence-corrected chi connectivity index (χ0v) is 12.6. The summed E-state index contributed by atoms with van der Waals surface area (Å²) in [6.45, 7) is 0.142. The van der Waals surface area contributed by atoms with Crippen LogP contribution in [0.5, 0.6) is 5.88 Å². The van der Waals surface area contributed by atoms with Crippen LogP contribution in [0.3, 0.4) is 0 Å². The second-order valence-corrected chi connectivity index (χ2v) is 4.96. The van der Waals surface area contributed by atoms with Gasteiger partial charge in [0.05, 0.1) is 5.02 Å². The fourth-order valence-electron chi connectivity index (χ4n) is 1.91. The fourth-order valence-corrected chi connectivity index (χ4v) is 2.15. The number of ether oxygens (including phenoxy) is 1. The van der Waals surface area contributed by atoms with Gasteiger partial charge in [0, 0.05) is 17.7 Å². The van der Waals surface area contributed by atoms with Gasteiger partial charge in [0.2, 0.25) is 5.88 Å². The van der Waals surface area contributed by atoms with Crippen LogP contribution in [-0.4, -0.2) is 15.0 Å². The smallest absolute Gasteiger partial charge is 0.233 e. The van der Waals surface area contributed by atoms with Crippen LogP contribution in [0.1, 0.15) is 5.76 Å². The topological polar surface area (TPSA) is 117 Å². The van der Waals surface area contributed by atoms with E-state index in [-0.39, 0.29) is 6.61 Å². The van der Waals surface area contributed by atoms with Gasteiger partial charge in [-0.25, -0.2) is 0 Å². The molecule has 1 aromatic carbocycles. The van der Waals surface area contributed by atoms with Crippen molar-refractivity contribution in [2.75, 3.05) is 5.84 Å². The van der Waals surface area contributed by atoms with Gasteiger partial charge in [-0.15, -0.1) is 5.10 Å². The Morgan fingerprint density at radius 3 is 2.83 bits per heavy atom. The number of hydrogen-bond donors (Lipinski definition) is 2. The fraction of sp³-hybridized carbons (Fsp3) is 0.0714. The molecule has 23 heavy (non-hydrogen) atoms. The molecule has 2 aromatic heterocycles. The van der Waals surface area contributed by atoms with E-state index in [1.807, 2.05) is 18.2 Å². The van der Waals surface area contributed by atoms with Crippen LogP contribution in [0.25, 0.3) is 11.3 Å². The lowest BCUT2D eigenvalue weighted by atomic mass is 10.1. The quantitative estimate of drug-likeness (QED) is 0.548. The van der Waals surface area contributed by atoms with Crippen molar-refractivity contribution >= 4 is 11.6 Å². The Bertz CT molecular complexity index is 889. The Balaban J connectivity index is 1.73. The Kier molecular flexibility index (Phi) is 4.15. The molecule has 0 fully saturated rings. The third-order valence-electron chi connectivity index (χ3n) is 3.02.